The van der Waals surface area contributed by atoms with Crippen molar-refractivity contribution in [1.29, 1.82) is 0 Å². The predicted octanol–water partition coefficient (Wildman–Crippen LogP) is 3.09. The average Bonchev–Trinajstić information content (AvgIpc) is 2.80. The van der Waals surface area contributed by atoms with Crippen LogP contribution in [-0.2, 0) is 4.79 Å². The Labute approximate surface area is 121 Å². The van der Waals surface area contributed by atoms with Crippen molar-refractivity contribution >= 4 is 24.7 Å². The summed E-state index contributed by atoms with van der Waals surface area (Å²) in [6.45, 7) is 6.60. The second kappa shape index (κ2) is 5.31. The maximum absolute atomic E-state index is 13.3. The zero-order valence-corrected chi connectivity index (χ0v) is 12.2. The van der Waals surface area contributed by atoms with Crippen LogP contribution < -0.4 is 0 Å². The van der Waals surface area contributed by atoms with Gasteiger partial charge < -0.3 is 9.58 Å². The minimum Gasteiger partial charge on any atom is -0.478 e. The number of rotatable bonds is 3. The molecule has 0 radical (unpaired) electrons. The Balaban J connectivity index is 2.82. The van der Waals surface area contributed by atoms with E-state index in [0.717, 1.165) is 4.48 Å². The van der Waals surface area contributed by atoms with E-state index in [2.05, 4.69) is 4.99 Å². The first-order chi connectivity index (χ1) is 9.73. The van der Waals surface area contributed by atoms with Gasteiger partial charge in [0.25, 0.3) is 0 Å². The summed E-state index contributed by atoms with van der Waals surface area (Å²) in [6, 6.07) is 1.55. The summed E-state index contributed by atoms with van der Waals surface area (Å²) in [7, 11) is -2.81. The average molecular weight is 292 g/mol. The number of aliphatic carboxylic acids is 1. The topological polar surface area (TPSA) is 54.6 Å². The van der Waals surface area contributed by atoms with Crippen LogP contribution >= 0.6 is 0 Å². The van der Waals surface area contributed by atoms with Crippen molar-refractivity contribution in [1.82, 2.24) is 4.48 Å². The number of allylic oxidation sites excluding steroid dienone is 2. The summed E-state index contributed by atoms with van der Waals surface area (Å²) < 4.78 is 27.3. The highest BCUT2D eigenvalue weighted by atomic mass is 19.2. The Morgan fingerprint density at radius 2 is 1.90 bits per heavy atom. The second-order valence-electron chi connectivity index (χ2n) is 5.07. The fourth-order valence-corrected chi connectivity index (χ4v) is 2.63. The van der Waals surface area contributed by atoms with Crippen molar-refractivity contribution in [2.24, 2.45) is 4.99 Å². The van der Waals surface area contributed by atoms with Crippen LogP contribution in [0.1, 0.15) is 30.8 Å². The van der Waals surface area contributed by atoms with Crippen molar-refractivity contribution < 1.29 is 18.5 Å². The SMILES string of the molecule is CC1=CC(C)=N/C1=C(/C(=O)O)c1c(C)cc(C)n1B(F)F. The van der Waals surface area contributed by atoms with Gasteiger partial charge in [0, 0.05) is 11.4 Å². The van der Waals surface area contributed by atoms with Gasteiger partial charge in [0.15, 0.2) is 0 Å². The molecule has 1 N–H and O–H groups in total. The molecule has 7 heteroatoms. The summed E-state index contributed by atoms with van der Waals surface area (Å²) in [5, 5.41) is 9.52. The maximum atomic E-state index is 13.3. The van der Waals surface area contributed by atoms with Crippen LogP contribution in [0.15, 0.2) is 28.4 Å². The molecule has 0 atom stereocenters. The van der Waals surface area contributed by atoms with Gasteiger partial charge in [0.1, 0.15) is 5.57 Å². The third-order valence-corrected chi connectivity index (χ3v) is 3.39. The van der Waals surface area contributed by atoms with Crippen molar-refractivity contribution in [3.63, 3.8) is 0 Å². The Morgan fingerprint density at radius 1 is 1.29 bits per heavy atom. The Bertz CT molecular complexity index is 715. The standard InChI is InChI=1S/C14H15BF2N2O2/c1-7-5-9(3)18-12(7)11(14(20)21)13-8(2)6-10(4)19(13)15(16)17/h5-6H,1-4H3,(H,20,21)/b12-11+. The number of hydrogen-bond donors (Lipinski definition) is 1. The number of aromatic nitrogens is 1. The molecule has 0 spiro atoms. The minimum absolute atomic E-state index is 0.0104. The Kier molecular flexibility index (Phi) is 3.85. The van der Waals surface area contributed by atoms with Gasteiger partial charge >= 0.3 is 13.4 Å². The van der Waals surface area contributed by atoms with Gasteiger partial charge in [0.2, 0.25) is 0 Å². The van der Waals surface area contributed by atoms with Crippen molar-refractivity contribution in [2.75, 3.05) is 0 Å². The van der Waals surface area contributed by atoms with Gasteiger partial charge in [0.05, 0.1) is 11.4 Å². The molecule has 1 aromatic heterocycles. The molecule has 2 heterocycles. The van der Waals surface area contributed by atoms with Crippen molar-refractivity contribution in [3.8, 4) is 0 Å². The van der Waals surface area contributed by atoms with Gasteiger partial charge in [-0.05, 0) is 51.0 Å². The van der Waals surface area contributed by atoms with Crippen molar-refractivity contribution in [2.45, 2.75) is 27.7 Å². The lowest BCUT2D eigenvalue weighted by molar-refractivity contribution is -0.130. The molecular weight excluding hydrogens is 277 g/mol. The molecule has 1 aliphatic rings. The highest BCUT2D eigenvalue weighted by Gasteiger charge is 2.31. The van der Waals surface area contributed by atoms with E-state index in [1.807, 2.05) is 0 Å². The van der Waals surface area contributed by atoms with Crippen LogP contribution in [0.2, 0.25) is 0 Å². The third kappa shape index (κ3) is 2.55. The van der Waals surface area contributed by atoms with Crippen LogP contribution in [0, 0.1) is 13.8 Å². The van der Waals surface area contributed by atoms with Gasteiger partial charge in [-0.2, -0.15) is 0 Å². The monoisotopic (exact) mass is 292 g/mol. The zero-order chi connectivity index (χ0) is 15.9. The largest absolute Gasteiger partial charge is 0.677 e. The van der Waals surface area contributed by atoms with Crippen LogP contribution in [-0.4, -0.2) is 28.7 Å². The summed E-state index contributed by atoms with van der Waals surface area (Å²) in [5.74, 6) is -1.26. The minimum atomic E-state index is -2.81. The highest BCUT2D eigenvalue weighted by Crippen LogP contribution is 2.32. The normalized spacial score (nSPS) is 16.7. The molecule has 1 aliphatic heterocycles. The van der Waals surface area contributed by atoms with Gasteiger partial charge in [-0.3, -0.25) is 13.6 Å². The molecule has 0 saturated heterocycles. The number of carbonyl (C=O) groups is 1. The highest BCUT2D eigenvalue weighted by molar-refractivity contribution is 6.42. The Morgan fingerprint density at radius 3 is 2.33 bits per heavy atom. The summed E-state index contributed by atoms with van der Waals surface area (Å²) >= 11 is 0. The number of carboxylic acid groups (broad SMARTS) is 1. The van der Waals surface area contributed by atoms with Gasteiger partial charge in [-0.15, -0.1) is 0 Å². The number of hydrogen-bond acceptors (Lipinski definition) is 2. The lowest BCUT2D eigenvalue weighted by Gasteiger charge is -2.12. The van der Waals surface area contributed by atoms with E-state index in [1.165, 1.54) is 6.92 Å². The van der Waals surface area contributed by atoms with Crippen LogP contribution in [0.5, 0.6) is 0 Å². The maximum Gasteiger partial charge on any atom is 0.677 e. The summed E-state index contributed by atoms with van der Waals surface area (Å²) in [4.78, 5) is 15.8. The molecule has 4 nitrogen and oxygen atoms in total. The lowest BCUT2D eigenvalue weighted by atomic mass is 10.0. The van der Waals surface area contributed by atoms with Gasteiger partial charge in [-0.25, -0.2) is 4.79 Å². The molecule has 0 aromatic carbocycles. The number of nitrogens with zero attached hydrogens (tertiary/aromatic N) is 2. The molecule has 110 valence electrons. The van der Waals surface area contributed by atoms with Crippen LogP contribution in [0.25, 0.3) is 5.57 Å². The molecule has 0 saturated carbocycles. The van der Waals surface area contributed by atoms with Crippen LogP contribution in [0.3, 0.4) is 0 Å². The lowest BCUT2D eigenvalue weighted by Crippen LogP contribution is -2.20. The fraction of sp³-hybridized carbons (Fsp3) is 0.286. The predicted molar refractivity (Wildman–Crippen MR) is 78.7 cm³/mol. The third-order valence-electron chi connectivity index (χ3n) is 3.39. The van der Waals surface area contributed by atoms with E-state index < -0.39 is 13.4 Å². The van der Waals surface area contributed by atoms with Gasteiger partial charge in [-0.1, -0.05) is 0 Å². The molecule has 0 aliphatic carbocycles. The van der Waals surface area contributed by atoms with E-state index in [4.69, 9.17) is 0 Å². The van der Waals surface area contributed by atoms with Crippen molar-refractivity contribution in [3.05, 3.63) is 40.4 Å². The smallest absolute Gasteiger partial charge is 0.478 e. The number of halogens is 2. The quantitative estimate of drug-likeness (QED) is 0.687. The first-order valence-corrected chi connectivity index (χ1v) is 6.42. The number of aryl methyl sites for hydroxylation is 2. The first kappa shape index (κ1) is 15.2. The number of aliphatic imine (C=N–C) groups is 1. The van der Waals surface area contributed by atoms with E-state index >= 15 is 0 Å². The molecule has 0 unspecified atom stereocenters. The fourth-order valence-electron chi connectivity index (χ4n) is 2.63. The summed E-state index contributed by atoms with van der Waals surface area (Å²) in [6.07, 6.45) is 1.73. The molecule has 0 amide bonds. The molecule has 21 heavy (non-hydrogen) atoms. The molecule has 0 fully saturated rings. The zero-order valence-electron chi connectivity index (χ0n) is 12.2. The molecular formula is C14H15BF2N2O2. The van der Waals surface area contributed by atoms with E-state index in [9.17, 15) is 18.5 Å². The molecule has 0 bridgehead atoms. The van der Waals surface area contributed by atoms with E-state index in [-0.39, 0.29) is 17.0 Å². The number of carboxylic acids is 1. The Hall–Kier alpha value is -2.18. The van der Waals surface area contributed by atoms with E-state index in [1.54, 1.807) is 32.9 Å². The van der Waals surface area contributed by atoms with Crippen LogP contribution in [0.4, 0.5) is 8.63 Å². The first-order valence-electron chi connectivity index (χ1n) is 6.42. The van der Waals surface area contributed by atoms with E-state index in [0.29, 0.717) is 22.5 Å². The second-order valence-corrected chi connectivity index (χ2v) is 5.07. The summed E-state index contributed by atoms with van der Waals surface area (Å²) in [5.41, 5.74) is 2.18. The molecule has 1 aromatic rings. The molecule has 2 rings (SSSR count).